The van der Waals surface area contributed by atoms with Crippen LogP contribution in [-0.2, 0) is 23.7 Å². The van der Waals surface area contributed by atoms with Crippen LogP contribution in [0.25, 0.3) is 0 Å². The number of nitrogens with two attached hydrogens (primary N) is 2. The van der Waals surface area contributed by atoms with E-state index >= 15 is 0 Å². The second-order valence-corrected chi connectivity index (χ2v) is 6.47. The van der Waals surface area contributed by atoms with Gasteiger partial charge in [-0.15, -0.1) is 0 Å². The molecule has 1 aromatic rings. The van der Waals surface area contributed by atoms with E-state index < -0.39 is 0 Å². The number of rotatable bonds is 20. The summed E-state index contributed by atoms with van der Waals surface area (Å²) in [5, 5.41) is 0. The van der Waals surface area contributed by atoms with Crippen molar-refractivity contribution in [2.45, 2.75) is 20.8 Å². The number of benzene rings is 1. The summed E-state index contributed by atoms with van der Waals surface area (Å²) in [6, 6.07) is 8.45. The van der Waals surface area contributed by atoms with Gasteiger partial charge in [-0.25, -0.2) is 0 Å². The molecule has 0 aliphatic heterocycles. The van der Waals surface area contributed by atoms with E-state index in [9.17, 15) is 0 Å². The third-order valence-corrected chi connectivity index (χ3v) is 4.02. The first-order chi connectivity index (χ1) is 15.3. The van der Waals surface area contributed by atoms with E-state index in [2.05, 4.69) is 36.1 Å². The van der Waals surface area contributed by atoms with E-state index in [1.165, 1.54) is 11.3 Å². The van der Waals surface area contributed by atoms with Gasteiger partial charge in [-0.05, 0) is 24.6 Å². The molecule has 0 aliphatic rings. The Bertz CT molecular complexity index is 494. The third kappa shape index (κ3) is 18.1. The van der Waals surface area contributed by atoms with Crippen molar-refractivity contribution in [3.63, 3.8) is 0 Å². The summed E-state index contributed by atoms with van der Waals surface area (Å²) < 4.78 is 27.4. The Labute approximate surface area is 189 Å². The van der Waals surface area contributed by atoms with Crippen molar-refractivity contribution in [2.24, 2.45) is 11.5 Å². The second-order valence-electron chi connectivity index (χ2n) is 6.47. The molecule has 4 N–H and O–H groups in total. The van der Waals surface area contributed by atoms with Gasteiger partial charge >= 0.3 is 0 Å². The highest BCUT2D eigenvalue weighted by molar-refractivity contribution is 5.48. The predicted molar refractivity (Wildman–Crippen MR) is 127 cm³/mol. The minimum atomic E-state index is 0.535. The fraction of sp³-hybridized carbons (Fsp3) is 0.739. The molecule has 0 amide bonds. The summed E-state index contributed by atoms with van der Waals surface area (Å²) >= 11 is 0. The lowest BCUT2D eigenvalue weighted by molar-refractivity contribution is 0.0170. The summed E-state index contributed by atoms with van der Waals surface area (Å²) in [7, 11) is 0. The first kappa shape index (κ1) is 29.7. The van der Waals surface area contributed by atoms with Crippen molar-refractivity contribution in [3.05, 3.63) is 29.8 Å². The highest BCUT2D eigenvalue weighted by Crippen LogP contribution is 2.15. The van der Waals surface area contributed by atoms with Crippen LogP contribution >= 0.6 is 0 Å². The monoisotopic (exact) mass is 443 g/mol. The molecular weight excluding hydrogens is 398 g/mol. The van der Waals surface area contributed by atoms with Crippen LogP contribution in [0.4, 0.5) is 5.69 Å². The first-order valence-electron chi connectivity index (χ1n) is 11.4. The molecule has 1 rings (SSSR count). The van der Waals surface area contributed by atoms with E-state index in [1.54, 1.807) is 0 Å². The average molecular weight is 444 g/mol. The molecule has 0 fully saturated rings. The highest BCUT2D eigenvalue weighted by atomic mass is 16.5. The van der Waals surface area contributed by atoms with Crippen LogP contribution in [0.1, 0.15) is 19.4 Å². The van der Waals surface area contributed by atoms with Crippen LogP contribution in [0.2, 0.25) is 0 Å². The minimum Gasteiger partial charge on any atom is -0.378 e. The maximum Gasteiger partial charge on any atom is 0.0701 e. The van der Waals surface area contributed by atoms with Crippen LogP contribution in [0.3, 0.4) is 0 Å². The number of ether oxygens (including phenoxy) is 5. The molecule has 0 saturated carbocycles. The SMILES string of the molecule is CC.Cc1cccc(N(CCOCCOCCN)CCOCCOCCOCCN)c1. The number of aryl methyl sites for hydroxylation is 1. The Hall–Kier alpha value is -1.26. The van der Waals surface area contributed by atoms with Crippen molar-refractivity contribution >= 4 is 5.69 Å². The summed E-state index contributed by atoms with van der Waals surface area (Å²) in [4.78, 5) is 2.27. The second kappa shape index (κ2) is 23.4. The minimum absolute atomic E-state index is 0.535. The molecular formula is C23H45N3O5. The Kier molecular flexibility index (Phi) is 22.5. The van der Waals surface area contributed by atoms with Crippen molar-refractivity contribution in [1.82, 2.24) is 0 Å². The molecule has 0 aromatic heterocycles. The quantitative estimate of drug-likeness (QED) is 0.294. The van der Waals surface area contributed by atoms with Gasteiger partial charge in [0.1, 0.15) is 0 Å². The van der Waals surface area contributed by atoms with Gasteiger partial charge in [-0.1, -0.05) is 26.0 Å². The van der Waals surface area contributed by atoms with Gasteiger partial charge in [0.2, 0.25) is 0 Å². The molecule has 0 atom stereocenters. The Morgan fingerprint density at radius 2 is 1.06 bits per heavy atom. The Balaban J connectivity index is 0.00000436. The van der Waals surface area contributed by atoms with Crippen molar-refractivity contribution in [1.29, 1.82) is 0 Å². The molecule has 8 nitrogen and oxygen atoms in total. The van der Waals surface area contributed by atoms with E-state index in [0.29, 0.717) is 79.2 Å². The maximum absolute atomic E-state index is 5.72. The highest BCUT2D eigenvalue weighted by Gasteiger charge is 2.07. The maximum atomic E-state index is 5.72. The van der Waals surface area contributed by atoms with Crippen molar-refractivity contribution < 1.29 is 23.7 Å². The van der Waals surface area contributed by atoms with Gasteiger partial charge in [0.15, 0.2) is 0 Å². The van der Waals surface area contributed by atoms with Crippen molar-refractivity contribution in [3.8, 4) is 0 Å². The zero-order chi connectivity index (χ0) is 23.0. The molecule has 182 valence electrons. The standard InChI is InChI=1S/C21H39N3O5.C2H6/c1-20-3-2-4-21(19-20)24(7-11-27-15-13-25-9-5-22)8-12-28-16-18-29-17-14-26-10-6-23;1-2/h2-4,19H,5-18,22-23H2,1H3;1-2H3. The molecule has 0 spiro atoms. The van der Waals surface area contributed by atoms with E-state index in [4.69, 9.17) is 35.2 Å². The van der Waals surface area contributed by atoms with Crippen molar-refractivity contribution in [2.75, 3.05) is 97.1 Å². The lowest BCUT2D eigenvalue weighted by atomic mass is 10.2. The zero-order valence-electron chi connectivity index (χ0n) is 19.9. The summed E-state index contributed by atoms with van der Waals surface area (Å²) in [6.07, 6.45) is 0. The molecule has 1 aromatic carbocycles. The van der Waals surface area contributed by atoms with Gasteiger partial charge in [0.05, 0.1) is 66.1 Å². The van der Waals surface area contributed by atoms with E-state index in [0.717, 1.165) is 13.1 Å². The van der Waals surface area contributed by atoms with Gasteiger partial charge in [0.25, 0.3) is 0 Å². The van der Waals surface area contributed by atoms with Gasteiger partial charge in [0, 0.05) is 31.9 Å². The Morgan fingerprint density at radius 3 is 1.48 bits per heavy atom. The third-order valence-electron chi connectivity index (χ3n) is 4.02. The summed E-state index contributed by atoms with van der Waals surface area (Å²) in [5.41, 5.74) is 13.2. The molecule has 0 aliphatic carbocycles. The smallest absolute Gasteiger partial charge is 0.0701 e. The largest absolute Gasteiger partial charge is 0.378 e. The van der Waals surface area contributed by atoms with E-state index in [-0.39, 0.29) is 0 Å². The molecule has 0 unspecified atom stereocenters. The average Bonchev–Trinajstić information content (AvgIpc) is 2.79. The lowest BCUT2D eigenvalue weighted by Gasteiger charge is -2.25. The van der Waals surface area contributed by atoms with Gasteiger partial charge in [-0.2, -0.15) is 0 Å². The predicted octanol–water partition coefficient (Wildman–Crippen LogP) is 1.83. The van der Waals surface area contributed by atoms with Gasteiger partial charge in [-0.3, -0.25) is 0 Å². The number of anilines is 1. The van der Waals surface area contributed by atoms with Crippen LogP contribution in [0, 0.1) is 6.92 Å². The fourth-order valence-corrected chi connectivity index (χ4v) is 2.57. The molecule has 0 heterocycles. The van der Waals surface area contributed by atoms with Crippen LogP contribution in [0.5, 0.6) is 0 Å². The lowest BCUT2D eigenvalue weighted by Crippen LogP contribution is -2.31. The van der Waals surface area contributed by atoms with Gasteiger partial charge < -0.3 is 40.1 Å². The Morgan fingerprint density at radius 1 is 0.645 bits per heavy atom. The molecule has 0 radical (unpaired) electrons. The molecule has 8 heteroatoms. The van der Waals surface area contributed by atoms with Crippen LogP contribution in [-0.4, -0.2) is 92.2 Å². The molecule has 31 heavy (non-hydrogen) atoms. The topological polar surface area (TPSA) is 101 Å². The number of nitrogens with zero attached hydrogens (tertiary/aromatic N) is 1. The van der Waals surface area contributed by atoms with Crippen LogP contribution < -0.4 is 16.4 Å². The number of hydrogen-bond acceptors (Lipinski definition) is 8. The molecule has 0 bridgehead atoms. The number of hydrogen-bond donors (Lipinski definition) is 2. The molecule has 0 saturated heterocycles. The normalized spacial score (nSPS) is 10.6. The zero-order valence-corrected chi connectivity index (χ0v) is 19.9. The first-order valence-corrected chi connectivity index (χ1v) is 11.4. The van der Waals surface area contributed by atoms with E-state index in [1.807, 2.05) is 13.8 Å². The van der Waals surface area contributed by atoms with Crippen LogP contribution in [0.15, 0.2) is 24.3 Å². The summed E-state index contributed by atoms with van der Waals surface area (Å²) in [5.74, 6) is 0. The summed E-state index contributed by atoms with van der Waals surface area (Å²) in [6.45, 7) is 14.5. The fourth-order valence-electron chi connectivity index (χ4n) is 2.57.